The van der Waals surface area contributed by atoms with E-state index in [0.717, 1.165) is 11.3 Å². The molecule has 2 N–H and O–H groups in total. The number of aromatic nitrogens is 3. The first-order valence-corrected chi connectivity index (χ1v) is 4.89. The summed E-state index contributed by atoms with van der Waals surface area (Å²) in [6.07, 6.45) is 3.45. The Hall–Kier alpha value is -2.17. The number of pyridine rings is 1. The van der Waals surface area contributed by atoms with E-state index in [1.807, 2.05) is 31.1 Å². The Morgan fingerprint density at radius 1 is 1.12 bits per heavy atom. The molecule has 0 saturated heterocycles. The van der Waals surface area contributed by atoms with E-state index in [4.69, 9.17) is 5.73 Å². The molecule has 0 atom stereocenters. The van der Waals surface area contributed by atoms with Crippen LogP contribution in [-0.2, 0) is 0 Å². The summed E-state index contributed by atoms with van der Waals surface area (Å²) in [5.74, 6) is 1.07. The van der Waals surface area contributed by atoms with Crippen LogP contribution in [0.5, 0.6) is 0 Å². The van der Waals surface area contributed by atoms with Gasteiger partial charge in [0.1, 0.15) is 5.82 Å². The van der Waals surface area contributed by atoms with Crippen molar-refractivity contribution in [2.24, 2.45) is 0 Å². The predicted molar refractivity (Wildman–Crippen MR) is 64.0 cm³/mol. The van der Waals surface area contributed by atoms with Crippen LogP contribution in [0.3, 0.4) is 0 Å². The van der Waals surface area contributed by atoms with Crippen molar-refractivity contribution in [1.29, 1.82) is 0 Å². The van der Waals surface area contributed by atoms with Gasteiger partial charge in [-0.05, 0) is 12.1 Å². The van der Waals surface area contributed by atoms with Crippen LogP contribution in [0.15, 0.2) is 30.6 Å². The van der Waals surface area contributed by atoms with Crippen molar-refractivity contribution >= 4 is 11.8 Å². The Bertz CT molecular complexity index is 481. The maximum atomic E-state index is 5.74. The highest BCUT2D eigenvalue weighted by atomic mass is 15.2. The minimum atomic E-state index is 0.463. The molecular formula is C11H13N5. The van der Waals surface area contributed by atoms with Crippen LogP contribution < -0.4 is 10.6 Å². The molecule has 0 radical (unpaired) electrons. The number of hydrogen-bond donors (Lipinski definition) is 1. The SMILES string of the molecule is CN(C)c1nc(N)cc(-c2ccncc2)n1. The van der Waals surface area contributed by atoms with Crippen LogP contribution in [0.1, 0.15) is 0 Å². The van der Waals surface area contributed by atoms with E-state index in [0.29, 0.717) is 11.8 Å². The second-order valence-corrected chi connectivity index (χ2v) is 3.61. The summed E-state index contributed by atoms with van der Waals surface area (Å²) in [4.78, 5) is 14.3. The minimum absolute atomic E-state index is 0.463. The van der Waals surface area contributed by atoms with Crippen molar-refractivity contribution in [2.45, 2.75) is 0 Å². The highest BCUT2D eigenvalue weighted by Gasteiger charge is 2.05. The molecule has 2 heterocycles. The molecule has 2 aromatic rings. The van der Waals surface area contributed by atoms with Gasteiger partial charge in [0.15, 0.2) is 0 Å². The highest BCUT2D eigenvalue weighted by molar-refractivity contribution is 5.63. The first-order chi connectivity index (χ1) is 7.66. The van der Waals surface area contributed by atoms with Gasteiger partial charge in [0.25, 0.3) is 0 Å². The molecule has 0 bridgehead atoms. The summed E-state index contributed by atoms with van der Waals surface area (Å²) >= 11 is 0. The zero-order chi connectivity index (χ0) is 11.5. The number of nitrogens with two attached hydrogens (primary N) is 1. The smallest absolute Gasteiger partial charge is 0.227 e. The van der Waals surface area contributed by atoms with Gasteiger partial charge in [-0.25, -0.2) is 4.98 Å². The summed E-state index contributed by atoms with van der Waals surface area (Å²) in [6.45, 7) is 0. The normalized spacial score (nSPS) is 10.1. The molecular weight excluding hydrogens is 202 g/mol. The standard InChI is InChI=1S/C11H13N5/c1-16(2)11-14-9(7-10(12)15-11)8-3-5-13-6-4-8/h3-7H,1-2H3,(H2,12,14,15). The van der Waals surface area contributed by atoms with Crippen LogP contribution in [0.2, 0.25) is 0 Å². The van der Waals surface area contributed by atoms with Crippen molar-refractivity contribution in [3.8, 4) is 11.3 Å². The average molecular weight is 215 g/mol. The Morgan fingerprint density at radius 3 is 2.44 bits per heavy atom. The van der Waals surface area contributed by atoms with Gasteiger partial charge in [-0.15, -0.1) is 0 Å². The fourth-order valence-electron chi connectivity index (χ4n) is 1.32. The summed E-state index contributed by atoms with van der Waals surface area (Å²) in [5, 5.41) is 0. The molecule has 0 unspecified atom stereocenters. The van der Waals surface area contributed by atoms with Gasteiger partial charge in [0.2, 0.25) is 5.95 Å². The average Bonchev–Trinajstić information content (AvgIpc) is 2.29. The molecule has 5 heteroatoms. The fourth-order valence-corrected chi connectivity index (χ4v) is 1.32. The van der Waals surface area contributed by atoms with E-state index in [1.165, 1.54) is 0 Å². The number of hydrogen-bond acceptors (Lipinski definition) is 5. The molecule has 2 aromatic heterocycles. The second kappa shape index (κ2) is 4.14. The molecule has 2 rings (SSSR count). The lowest BCUT2D eigenvalue weighted by Gasteiger charge is -2.12. The molecule has 0 amide bonds. The van der Waals surface area contributed by atoms with Gasteiger partial charge in [-0.2, -0.15) is 4.98 Å². The van der Waals surface area contributed by atoms with E-state index in [1.54, 1.807) is 18.5 Å². The number of nitrogen functional groups attached to an aromatic ring is 1. The van der Waals surface area contributed by atoms with Crippen LogP contribution >= 0.6 is 0 Å². The molecule has 0 fully saturated rings. The van der Waals surface area contributed by atoms with E-state index < -0.39 is 0 Å². The van der Waals surface area contributed by atoms with Crippen molar-refractivity contribution in [1.82, 2.24) is 15.0 Å². The van der Waals surface area contributed by atoms with Gasteiger partial charge in [-0.3, -0.25) is 4.98 Å². The van der Waals surface area contributed by atoms with Gasteiger partial charge in [0.05, 0.1) is 5.69 Å². The second-order valence-electron chi connectivity index (χ2n) is 3.61. The monoisotopic (exact) mass is 215 g/mol. The van der Waals surface area contributed by atoms with Crippen molar-refractivity contribution in [3.63, 3.8) is 0 Å². The van der Waals surface area contributed by atoms with Gasteiger partial charge < -0.3 is 10.6 Å². The lowest BCUT2D eigenvalue weighted by Crippen LogP contribution is -2.13. The first-order valence-electron chi connectivity index (χ1n) is 4.89. The third-order valence-corrected chi connectivity index (χ3v) is 2.11. The lowest BCUT2D eigenvalue weighted by molar-refractivity contribution is 1.01. The van der Waals surface area contributed by atoms with Gasteiger partial charge >= 0.3 is 0 Å². The Morgan fingerprint density at radius 2 is 1.81 bits per heavy atom. The van der Waals surface area contributed by atoms with E-state index in [-0.39, 0.29) is 0 Å². The summed E-state index contributed by atoms with van der Waals surface area (Å²) in [6, 6.07) is 5.53. The largest absolute Gasteiger partial charge is 0.384 e. The molecule has 0 aliphatic rings. The maximum Gasteiger partial charge on any atom is 0.227 e. The van der Waals surface area contributed by atoms with Crippen molar-refractivity contribution < 1.29 is 0 Å². The molecule has 0 saturated carbocycles. The zero-order valence-corrected chi connectivity index (χ0v) is 9.25. The van der Waals surface area contributed by atoms with Crippen LogP contribution in [-0.4, -0.2) is 29.0 Å². The van der Waals surface area contributed by atoms with Gasteiger partial charge in [-0.1, -0.05) is 0 Å². The summed E-state index contributed by atoms with van der Waals surface area (Å²) in [5.41, 5.74) is 7.52. The minimum Gasteiger partial charge on any atom is -0.384 e. The Balaban J connectivity index is 2.50. The third kappa shape index (κ3) is 2.08. The molecule has 5 nitrogen and oxygen atoms in total. The highest BCUT2D eigenvalue weighted by Crippen LogP contribution is 2.19. The Kier molecular flexibility index (Phi) is 2.68. The maximum absolute atomic E-state index is 5.74. The predicted octanol–water partition coefficient (Wildman–Crippen LogP) is 1.19. The van der Waals surface area contributed by atoms with Crippen LogP contribution in [0.25, 0.3) is 11.3 Å². The quantitative estimate of drug-likeness (QED) is 0.814. The number of rotatable bonds is 2. The molecule has 0 aliphatic carbocycles. The Labute approximate surface area is 94.0 Å². The molecule has 0 aliphatic heterocycles. The lowest BCUT2D eigenvalue weighted by atomic mass is 10.2. The number of anilines is 2. The summed E-state index contributed by atoms with van der Waals surface area (Å²) in [7, 11) is 3.76. The molecule has 0 aromatic carbocycles. The van der Waals surface area contributed by atoms with Crippen molar-refractivity contribution in [3.05, 3.63) is 30.6 Å². The fraction of sp³-hybridized carbons (Fsp3) is 0.182. The van der Waals surface area contributed by atoms with Crippen molar-refractivity contribution in [2.75, 3.05) is 24.7 Å². The first kappa shape index (κ1) is 10.4. The topological polar surface area (TPSA) is 67.9 Å². The van der Waals surface area contributed by atoms with Crippen LogP contribution in [0.4, 0.5) is 11.8 Å². The summed E-state index contributed by atoms with van der Waals surface area (Å²) < 4.78 is 0. The molecule has 82 valence electrons. The van der Waals surface area contributed by atoms with Gasteiger partial charge in [0, 0.05) is 38.1 Å². The van der Waals surface area contributed by atoms with E-state index >= 15 is 0 Å². The molecule has 0 spiro atoms. The molecule has 16 heavy (non-hydrogen) atoms. The van der Waals surface area contributed by atoms with E-state index in [9.17, 15) is 0 Å². The number of nitrogens with zero attached hydrogens (tertiary/aromatic N) is 4. The third-order valence-electron chi connectivity index (χ3n) is 2.11. The van der Waals surface area contributed by atoms with E-state index in [2.05, 4.69) is 15.0 Å². The zero-order valence-electron chi connectivity index (χ0n) is 9.25. The van der Waals surface area contributed by atoms with Crippen LogP contribution in [0, 0.1) is 0 Å².